The van der Waals surface area contributed by atoms with Gasteiger partial charge in [-0.1, -0.05) is 12.1 Å². The number of anilines is 2. The fraction of sp³-hybridized carbons (Fsp3) is 0.417. The van der Waals surface area contributed by atoms with Gasteiger partial charge in [-0.25, -0.2) is 14.8 Å². The first kappa shape index (κ1) is 22.2. The number of benzene rings is 1. The summed E-state index contributed by atoms with van der Waals surface area (Å²) in [4.78, 5) is 47.4. The number of nitrogens with zero attached hydrogens (tertiary/aromatic N) is 5. The van der Waals surface area contributed by atoms with Crippen molar-refractivity contribution >= 4 is 30.1 Å². The molecule has 3 aliphatic heterocycles. The Kier molecular flexibility index (Phi) is 5.41. The number of rotatable bonds is 6. The lowest BCUT2D eigenvalue weighted by atomic mass is 9.91. The van der Waals surface area contributed by atoms with E-state index in [2.05, 4.69) is 26.3 Å². The summed E-state index contributed by atoms with van der Waals surface area (Å²) >= 11 is 0. The highest BCUT2D eigenvalue weighted by atomic mass is 16.6. The highest BCUT2D eigenvalue weighted by Gasteiger charge is 2.45. The summed E-state index contributed by atoms with van der Waals surface area (Å²) in [7, 11) is 0. The second kappa shape index (κ2) is 8.76. The molecule has 0 radical (unpaired) electrons. The van der Waals surface area contributed by atoms with Gasteiger partial charge in [0.15, 0.2) is 18.2 Å². The average molecular weight is 490 g/mol. The minimum Gasteiger partial charge on any atom is -0.465 e. The first-order valence-corrected chi connectivity index (χ1v) is 11.6. The molecule has 3 unspecified atom stereocenters. The number of amides is 2. The number of hydrogen-bond donors (Lipinski definition) is 1. The van der Waals surface area contributed by atoms with E-state index >= 15 is 0 Å². The average Bonchev–Trinajstić information content (AvgIpc) is 3.40. The van der Waals surface area contributed by atoms with Crippen LogP contribution in [0.3, 0.4) is 0 Å². The molecule has 1 aromatic heterocycles. The van der Waals surface area contributed by atoms with Crippen LogP contribution in [0.5, 0.6) is 5.88 Å². The van der Waals surface area contributed by atoms with E-state index in [0.29, 0.717) is 31.5 Å². The molecule has 2 amide bonds. The van der Waals surface area contributed by atoms with E-state index in [-0.39, 0.29) is 54.1 Å². The summed E-state index contributed by atoms with van der Waals surface area (Å²) in [6.07, 6.45) is 0.905. The minimum absolute atomic E-state index is 0.0477. The van der Waals surface area contributed by atoms with Crippen molar-refractivity contribution in [2.24, 2.45) is 11.8 Å². The van der Waals surface area contributed by atoms with Crippen molar-refractivity contribution < 1.29 is 28.6 Å². The van der Waals surface area contributed by atoms with Gasteiger partial charge >= 0.3 is 6.09 Å². The Balaban J connectivity index is 1.07. The van der Waals surface area contributed by atoms with E-state index in [4.69, 9.17) is 14.2 Å². The molecule has 184 valence electrons. The van der Waals surface area contributed by atoms with Crippen LogP contribution in [0.25, 0.3) is 0 Å². The molecule has 12 heteroatoms. The summed E-state index contributed by atoms with van der Waals surface area (Å²) in [5, 5.41) is 12.0. The fourth-order valence-electron chi connectivity index (χ4n) is 5.46. The van der Waals surface area contributed by atoms with Crippen LogP contribution in [0.2, 0.25) is 0 Å². The third kappa shape index (κ3) is 3.77. The van der Waals surface area contributed by atoms with Gasteiger partial charge in [0.25, 0.3) is 18.3 Å². The second-order valence-electron chi connectivity index (χ2n) is 9.33. The SMILES string of the molecule is N#Cc1cccc2c1CC(CN1CC(C3CN(c4cnc5c(n4)NC(=O)CO5)C(=O)O3)C1)C2OC=O. The molecule has 1 N–H and O–H groups in total. The smallest absolute Gasteiger partial charge is 0.416 e. The summed E-state index contributed by atoms with van der Waals surface area (Å²) in [6.45, 7) is 2.85. The van der Waals surface area contributed by atoms with Crippen LogP contribution in [0, 0.1) is 23.2 Å². The molecular formula is C24H22N6O6. The van der Waals surface area contributed by atoms with Crippen molar-refractivity contribution in [3.63, 3.8) is 0 Å². The zero-order valence-corrected chi connectivity index (χ0v) is 19.1. The third-order valence-corrected chi connectivity index (χ3v) is 7.18. The Morgan fingerprint density at radius 2 is 2.14 bits per heavy atom. The highest BCUT2D eigenvalue weighted by molar-refractivity contribution is 5.94. The van der Waals surface area contributed by atoms with Gasteiger partial charge < -0.3 is 24.4 Å². The lowest BCUT2D eigenvalue weighted by Gasteiger charge is -2.43. The van der Waals surface area contributed by atoms with Crippen molar-refractivity contribution in [1.29, 1.82) is 5.26 Å². The molecule has 2 saturated heterocycles. The molecule has 2 aromatic rings. The van der Waals surface area contributed by atoms with E-state index in [0.717, 1.165) is 24.2 Å². The number of likely N-dealkylation sites (tertiary alicyclic amines) is 1. The molecule has 4 heterocycles. The molecule has 4 aliphatic rings. The number of carbonyl (C=O) groups is 3. The van der Waals surface area contributed by atoms with Crippen LogP contribution < -0.4 is 15.0 Å². The maximum Gasteiger partial charge on any atom is 0.416 e. The largest absolute Gasteiger partial charge is 0.465 e. The minimum atomic E-state index is -0.509. The van der Waals surface area contributed by atoms with Gasteiger partial charge in [-0.2, -0.15) is 5.26 Å². The van der Waals surface area contributed by atoms with Crippen molar-refractivity contribution in [3.05, 3.63) is 41.1 Å². The Morgan fingerprint density at radius 1 is 1.28 bits per heavy atom. The van der Waals surface area contributed by atoms with Gasteiger partial charge in [-0.05, 0) is 23.6 Å². The summed E-state index contributed by atoms with van der Waals surface area (Å²) in [5.41, 5.74) is 2.46. The molecule has 0 spiro atoms. The molecule has 36 heavy (non-hydrogen) atoms. The Bertz CT molecular complexity index is 1290. The van der Waals surface area contributed by atoms with E-state index in [1.165, 1.54) is 11.1 Å². The standard InChI is InChI=1S/C24H22N6O6/c25-5-13-2-1-3-16-17(13)4-14(21(16)35-12-31)7-29-8-15(9-29)18-10-30(24(33)36-18)19-6-26-23-22(27-19)28-20(32)11-34-23/h1-3,6,12,14-15,18,21H,4,7-11H2,(H,27,28,32). The molecule has 3 atom stereocenters. The predicted molar refractivity (Wildman–Crippen MR) is 122 cm³/mol. The molecule has 2 fully saturated rings. The fourth-order valence-corrected chi connectivity index (χ4v) is 5.46. The van der Waals surface area contributed by atoms with Crippen molar-refractivity contribution in [3.8, 4) is 11.9 Å². The lowest BCUT2D eigenvalue weighted by Crippen LogP contribution is -2.54. The third-order valence-electron chi connectivity index (χ3n) is 7.18. The number of cyclic esters (lactones) is 1. The molecule has 6 rings (SSSR count). The Labute approximate surface area is 205 Å². The van der Waals surface area contributed by atoms with Gasteiger partial charge in [0, 0.05) is 31.5 Å². The van der Waals surface area contributed by atoms with E-state index < -0.39 is 6.09 Å². The van der Waals surface area contributed by atoms with Gasteiger partial charge in [0.05, 0.1) is 24.4 Å². The zero-order valence-electron chi connectivity index (χ0n) is 19.1. The molecule has 0 bridgehead atoms. The van der Waals surface area contributed by atoms with Crippen molar-refractivity contribution in [1.82, 2.24) is 14.9 Å². The topological polar surface area (TPSA) is 147 Å². The first-order chi connectivity index (χ1) is 17.5. The van der Waals surface area contributed by atoms with Crippen LogP contribution in [-0.4, -0.2) is 72.2 Å². The zero-order chi connectivity index (χ0) is 24.8. The maximum atomic E-state index is 12.6. The number of fused-ring (bicyclic) bond motifs is 2. The number of aromatic nitrogens is 2. The van der Waals surface area contributed by atoms with Gasteiger partial charge in [0.1, 0.15) is 12.2 Å². The van der Waals surface area contributed by atoms with Gasteiger partial charge in [0.2, 0.25) is 0 Å². The van der Waals surface area contributed by atoms with Crippen LogP contribution in [0.4, 0.5) is 16.4 Å². The van der Waals surface area contributed by atoms with Crippen LogP contribution in [-0.2, 0) is 25.5 Å². The van der Waals surface area contributed by atoms with E-state index in [1.54, 1.807) is 6.07 Å². The first-order valence-electron chi connectivity index (χ1n) is 11.6. The monoisotopic (exact) mass is 490 g/mol. The number of ether oxygens (including phenoxy) is 3. The van der Waals surface area contributed by atoms with Crippen LogP contribution in [0.1, 0.15) is 22.8 Å². The van der Waals surface area contributed by atoms with Crippen molar-refractivity contribution in [2.75, 3.05) is 43.0 Å². The summed E-state index contributed by atoms with van der Waals surface area (Å²) < 4.78 is 16.3. The van der Waals surface area contributed by atoms with E-state index in [9.17, 15) is 19.6 Å². The molecule has 0 saturated carbocycles. The molecule has 1 aromatic carbocycles. The Morgan fingerprint density at radius 3 is 2.94 bits per heavy atom. The lowest BCUT2D eigenvalue weighted by molar-refractivity contribution is -0.137. The molecule has 12 nitrogen and oxygen atoms in total. The summed E-state index contributed by atoms with van der Waals surface area (Å²) in [6, 6.07) is 7.74. The summed E-state index contributed by atoms with van der Waals surface area (Å²) in [5.74, 6) is 0.543. The number of carbonyl (C=O) groups excluding carboxylic acids is 3. The van der Waals surface area contributed by atoms with Gasteiger partial charge in [-0.3, -0.25) is 14.5 Å². The quantitative estimate of drug-likeness (QED) is 0.582. The highest BCUT2D eigenvalue weighted by Crippen LogP contribution is 2.41. The van der Waals surface area contributed by atoms with Crippen LogP contribution >= 0.6 is 0 Å². The van der Waals surface area contributed by atoms with Crippen molar-refractivity contribution in [2.45, 2.75) is 18.6 Å². The number of nitrogens with one attached hydrogen (secondary N) is 1. The van der Waals surface area contributed by atoms with E-state index in [1.807, 2.05) is 12.1 Å². The maximum absolute atomic E-state index is 12.6. The normalized spacial score (nSPS) is 25.1. The number of nitriles is 1. The predicted octanol–water partition coefficient (Wildman–Crippen LogP) is 1.02. The van der Waals surface area contributed by atoms with Gasteiger partial charge in [-0.15, -0.1) is 0 Å². The number of hydrogen-bond acceptors (Lipinski definition) is 10. The Hall–Kier alpha value is -4.24. The molecular weight excluding hydrogens is 468 g/mol. The second-order valence-corrected chi connectivity index (χ2v) is 9.33. The van der Waals surface area contributed by atoms with Crippen LogP contribution in [0.15, 0.2) is 24.4 Å². The molecule has 1 aliphatic carbocycles.